The first kappa shape index (κ1) is 20.3. The number of anilines is 1. The third-order valence-electron chi connectivity index (χ3n) is 4.33. The van der Waals surface area contributed by atoms with Gasteiger partial charge in [-0.3, -0.25) is 4.90 Å². The van der Waals surface area contributed by atoms with Crippen LogP contribution >= 0.6 is 0 Å². The van der Waals surface area contributed by atoms with Crippen molar-refractivity contribution in [3.63, 3.8) is 0 Å². The average molecular weight is 366 g/mol. The zero-order valence-corrected chi connectivity index (χ0v) is 15.2. The van der Waals surface area contributed by atoms with Crippen LogP contribution in [0.5, 0.6) is 0 Å². The summed E-state index contributed by atoms with van der Waals surface area (Å²) >= 11 is 0. The van der Waals surface area contributed by atoms with Crippen LogP contribution in [0.3, 0.4) is 0 Å². The Hall–Kier alpha value is -2.05. The van der Waals surface area contributed by atoms with E-state index in [2.05, 4.69) is 0 Å². The minimum atomic E-state index is -4.55. The molecule has 0 fully saturated rings. The number of hydrogen-bond donors (Lipinski definition) is 2. The zero-order chi connectivity index (χ0) is 19.5. The second-order valence-electron chi connectivity index (χ2n) is 7.40. The molecule has 0 aromatic heterocycles. The first-order chi connectivity index (χ1) is 12.0. The number of rotatable bonds is 5. The van der Waals surface area contributed by atoms with E-state index in [0.29, 0.717) is 6.54 Å². The fourth-order valence-corrected chi connectivity index (χ4v) is 2.72. The number of alkyl halides is 3. The summed E-state index contributed by atoms with van der Waals surface area (Å²) in [6.07, 6.45) is -5.60. The molecule has 1 atom stereocenters. The summed E-state index contributed by atoms with van der Waals surface area (Å²) < 4.78 is 39.2. The van der Waals surface area contributed by atoms with E-state index in [-0.39, 0.29) is 23.3 Å². The van der Waals surface area contributed by atoms with Crippen molar-refractivity contribution in [3.8, 4) is 0 Å². The molecular formula is C20H25F3N2O. The summed E-state index contributed by atoms with van der Waals surface area (Å²) in [4.78, 5) is 2.04. The van der Waals surface area contributed by atoms with Crippen LogP contribution in [0, 0.1) is 0 Å². The maximum absolute atomic E-state index is 13.1. The minimum Gasteiger partial charge on any atom is -0.398 e. The van der Waals surface area contributed by atoms with E-state index in [1.807, 2.05) is 56.0 Å². The molecule has 0 spiro atoms. The van der Waals surface area contributed by atoms with E-state index < -0.39 is 17.8 Å². The van der Waals surface area contributed by atoms with Crippen molar-refractivity contribution in [2.24, 2.45) is 0 Å². The smallest absolute Gasteiger partial charge is 0.398 e. The van der Waals surface area contributed by atoms with Crippen molar-refractivity contribution in [1.82, 2.24) is 4.90 Å². The van der Waals surface area contributed by atoms with Crippen LogP contribution in [0.2, 0.25) is 0 Å². The Labute approximate surface area is 152 Å². The molecule has 3 N–H and O–H groups in total. The van der Waals surface area contributed by atoms with Gasteiger partial charge >= 0.3 is 6.18 Å². The number of benzene rings is 2. The van der Waals surface area contributed by atoms with E-state index in [0.717, 1.165) is 11.6 Å². The van der Waals surface area contributed by atoms with Gasteiger partial charge in [0.1, 0.15) is 0 Å². The third kappa shape index (κ3) is 5.22. The highest BCUT2D eigenvalue weighted by molar-refractivity contribution is 5.50. The van der Waals surface area contributed by atoms with Gasteiger partial charge in [-0.25, -0.2) is 0 Å². The van der Waals surface area contributed by atoms with Crippen LogP contribution in [0.25, 0.3) is 0 Å². The standard InChI is InChI=1S/C20H25F3N2O/c1-19(2,3)25(12-14-7-5-4-6-8-14)13-18(26)15-9-10-17(24)16(11-15)20(21,22)23/h4-11,18,26H,12-13,24H2,1-3H3. The van der Waals surface area contributed by atoms with Gasteiger partial charge in [0, 0.05) is 24.3 Å². The van der Waals surface area contributed by atoms with E-state index in [4.69, 9.17) is 5.73 Å². The lowest BCUT2D eigenvalue weighted by Crippen LogP contribution is -2.43. The van der Waals surface area contributed by atoms with Crippen LogP contribution in [0.4, 0.5) is 18.9 Å². The summed E-state index contributed by atoms with van der Waals surface area (Å²) in [6, 6.07) is 13.3. The molecule has 0 aliphatic carbocycles. The summed E-state index contributed by atoms with van der Waals surface area (Å²) in [6.45, 7) is 6.81. The molecule has 0 amide bonds. The number of nitrogens with two attached hydrogens (primary N) is 1. The number of aliphatic hydroxyl groups is 1. The molecular weight excluding hydrogens is 341 g/mol. The predicted molar refractivity (Wildman–Crippen MR) is 97.4 cm³/mol. The van der Waals surface area contributed by atoms with Crippen molar-refractivity contribution >= 4 is 5.69 Å². The topological polar surface area (TPSA) is 49.5 Å². The molecule has 2 rings (SSSR count). The maximum atomic E-state index is 13.1. The Bertz CT molecular complexity index is 724. The third-order valence-corrected chi connectivity index (χ3v) is 4.33. The molecule has 142 valence electrons. The monoisotopic (exact) mass is 366 g/mol. The van der Waals surface area contributed by atoms with Gasteiger partial charge in [-0.2, -0.15) is 13.2 Å². The molecule has 0 heterocycles. The van der Waals surface area contributed by atoms with Crippen LogP contribution in [-0.2, 0) is 12.7 Å². The van der Waals surface area contributed by atoms with Gasteiger partial charge in [-0.1, -0.05) is 36.4 Å². The van der Waals surface area contributed by atoms with Crippen molar-refractivity contribution in [2.75, 3.05) is 12.3 Å². The first-order valence-corrected chi connectivity index (χ1v) is 8.42. The van der Waals surface area contributed by atoms with Crippen LogP contribution in [0.15, 0.2) is 48.5 Å². The normalized spacial score (nSPS) is 13.8. The number of aliphatic hydroxyl groups excluding tert-OH is 1. The fourth-order valence-electron chi connectivity index (χ4n) is 2.72. The molecule has 2 aromatic carbocycles. The summed E-state index contributed by atoms with van der Waals surface area (Å²) in [5.41, 5.74) is 5.19. The predicted octanol–water partition coefficient (Wildman–Crippen LogP) is 4.62. The molecule has 0 bridgehead atoms. The largest absolute Gasteiger partial charge is 0.418 e. The van der Waals surface area contributed by atoms with Gasteiger partial charge in [0.05, 0.1) is 11.7 Å². The summed E-state index contributed by atoms with van der Waals surface area (Å²) in [5, 5.41) is 10.6. The van der Waals surface area contributed by atoms with Gasteiger partial charge < -0.3 is 10.8 Å². The zero-order valence-electron chi connectivity index (χ0n) is 15.2. The number of nitrogens with zero attached hydrogens (tertiary/aromatic N) is 1. The van der Waals surface area contributed by atoms with Crippen LogP contribution in [-0.4, -0.2) is 22.1 Å². The average Bonchev–Trinajstić information content (AvgIpc) is 2.53. The lowest BCUT2D eigenvalue weighted by molar-refractivity contribution is -0.137. The SMILES string of the molecule is CC(C)(C)N(Cc1ccccc1)CC(O)c1ccc(N)c(C(F)(F)F)c1. The molecule has 3 nitrogen and oxygen atoms in total. The number of halogens is 3. The van der Waals surface area contributed by atoms with E-state index >= 15 is 0 Å². The molecule has 1 unspecified atom stereocenters. The van der Waals surface area contributed by atoms with Crippen LogP contribution < -0.4 is 5.73 Å². The Morgan fingerprint density at radius 2 is 1.65 bits per heavy atom. The number of hydrogen-bond acceptors (Lipinski definition) is 3. The van der Waals surface area contributed by atoms with Gasteiger partial charge in [-0.15, -0.1) is 0 Å². The highest BCUT2D eigenvalue weighted by Gasteiger charge is 2.34. The quantitative estimate of drug-likeness (QED) is 0.759. The lowest BCUT2D eigenvalue weighted by Gasteiger charge is -2.37. The molecule has 0 aliphatic rings. The fraction of sp³-hybridized carbons (Fsp3) is 0.400. The first-order valence-electron chi connectivity index (χ1n) is 8.42. The van der Waals surface area contributed by atoms with Crippen molar-refractivity contribution in [2.45, 2.75) is 45.1 Å². The second kappa shape index (κ2) is 7.68. The molecule has 2 aromatic rings. The minimum absolute atomic E-state index is 0.203. The van der Waals surface area contributed by atoms with Crippen molar-refractivity contribution in [3.05, 3.63) is 65.2 Å². The number of nitrogen functional groups attached to an aromatic ring is 1. The van der Waals surface area contributed by atoms with Crippen molar-refractivity contribution < 1.29 is 18.3 Å². The van der Waals surface area contributed by atoms with Crippen LogP contribution in [0.1, 0.15) is 43.6 Å². The van der Waals surface area contributed by atoms with E-state index in [9.17, 15) is 18.3 Å². The molecule has 0 saturated heterocycles. The second-order valence-corrected chi connectivity index (χ2v) is 7.40. The Balaban J connectivity index is 2.23. The Morgan fingerprint density at radius 3 is 2.19 bits per heavy atom. The van der Waals surface area contributed by atoms with Gasteiger partial charge in [-0.05, 0) is 44.0 Å². The molecule has 0 radical (unpaired) electrons. The molecule has 0 aliphatic heterocycles. The highest BCUT2D eigenvalue weighted by Crippen LogP contribution is 2.35. The van der Waals surface area contributed by atoms with Gasteiger partial charge in [0.25, 0.3) is 0 Å². The molecule has 0 saturated carbocycles. The van der Waals surface area contributed by atoms with Gasteiger partial charge in [0.2, 0.25) is 0 Å². The summed E-state index contributed by atoms with van der Waals surface area (Å²) in [5.74, 6) is 0. The Kier molecular flexibility index (Phi) is 5.98. The van der Waals surface area contributed by atoms with E-state index in [1.165, 1.54) is 12.1 Å². The van der Waals surface area contributed by atoms with Gasteiger partial charge in [0.15, 0.2) is 0 Å². The molecule has 26 heavy (non-hydrogen) atoms. The molecule has 6 heteroatoms. The Morgan fingerprint density at radius 1 is 1.04 bits per heavy atom. The summed E-state index contributed by atoms with van der Waals surface area (Å²) in [7, 11) is 0. The lowest BCUT2D eigenvalue weighted by atomic mass is 10.00. The number of β-amino-alcohol motifs (C(OH)–C–C–N with tert-alkyl or cyclic N) is 1. The van der Waals surface area contributed by atoms with Crippen molar-refractivity contribution in [1.29, 1.82) is 0 Å². The maximum Gasteiger partial charge on any atom is 0.418 e. The highest BCUT2D eigenvalue weighted by atomic mass is 19.4. The van der Waals surface area contributed by atoms with E-state index in [1.54, 1.807) is 0 Å².